The van der Waals surface area contributed by atoms with Crippen LogP contribution in [0.4, 0.5) is 5.95 Å². The summed E-state index contributed by atoms with van der Waals surface area (Å²) >= 11 is 0. The van der Waals surface area contributed by atoms with Gasteiger partial charge in [-0.05, 0) is 0 Å². The number of aromatic hydroxyl groups is 2. The summed E-state index contributed by atoms with van der Waals surface area (Å²) in [5.74, 6) is -1.68. The zero-order valence-electron chi connectivity index (χ0n) is 10.8. The summed E-state index contributed by atoms with van der Waals surface area (Å²) in [5, 5.41) is 28.4. The van der Waals surface area contributed by atoms with Gasteiger partial charge in [0.25, 0.3) is 11.4 Å². The molecule has 0 aromatic carbocycles. The first-order valence-electron chi connectivity index (χ1n) is 5.80. The van der Waals surface area contributed by atoms with Crippen molar-refractivity contribution in [2.24, 2.45) is 7.05 Å². The van der Waals surface area contributed by atoms with Gasteiger partial charge in [0.1, 0.15) is 12.9 Å². The average Bonchev–Trinajstić information content (AvgIpc) is 2.99. The van der Waals surface area contributed by atoms with Crippen molar-refractivity contribution in [3.63, 3.8) is 0 Å². The molecule has 0 aliphatic carbocycles. The van der Waals surface area contributed by atoms with E-state index in [9.17, 15) is 15.0 Å². The van der Waals surface area contributed by atoms with E-state index >= 15 is 0 Å². The molecule has 21 heavy (non-hydrogen) atoms. The van der Waals surface area contributed by atoms with E-state index in [0.29, 0.717) is 0 Å². The maximum Gasteiger partial charge on any atom is 0.282 e. The van der Waals surface area contributed by atoms with E-state index in [1.54, 1.807) is 0 Å². The maximum atomic E-state index is 12.0. The number of hydrogen-bond acceptors (Lipinski definition) is 8. The van der Waals surface area contributed by atoms with Gasteiger partial charge in [0.15, 0.2) is 16.9 Å². The molecule has 3 heterocycles. The molecule has 3 aromatic rings. The molecule has 5 N–H and O–H groups in total. The van der Waals surface area contributed by atoms with Crippen molar-refractivity contribution < 1.29 is 19.7 Å². The number of rotatable bonds is 2. The number of fused-ring (bicyclic) bond motifs is 1. The van der Waals surface area contributed by atoms with Crippen molar-refractivity contribution in [1.29, 1.82) is 0 Å². The predicted octanol–water partition coefficient (Wildman–Crippen LogP) is -0.802. The third kappa shape index (κ3) is 1.66. The van der Waals surface area contributed by atoms with Gasteiger partial charge in [-0.15, -0.1) is 0 Å². The Labute approximate surface area is 116 Å². The van der Waals surface area contributed by atoms with Gasteiger partial charge >= 0.3 is 0 Å². The second-order valence-electron chi connectivity index (χ2n) is 4.31. The minimum absolute atomic E-state index is 0.0209. The van der Waals surface area contributed by atoms with Crippen molar-refractivity contribution in [2.75, 3.05) is 5.73 Å². The molecule has 0 fully saturated rings. The van der Waals surface area contributed by atoms with E-state index in [1.807, 2.05) is 0 Å². The topological polar surface area (TPSA) is 153 Å². The zero-order valence-corrected chi connectivity index (χ0v) is 10.8. The van der Waals surface area contributed by atoms with Crippen LogP contribution in [0.2, 0.25) is 0 Å². The van der Waals surface area contributed by atoms with Crippen LogP contribution < -0.4 is 11.3 Å². The summed E-state index contributed by atoms with van der Waals surface area (Å²) in [6, 6.07) is 0. The molecule has 0 saturated heterocycles. The van der Waals surface area contributed by atoms with Crippen molar-refractivity contribution in [2.45, 2.75) is 6.61 Å². The highest BCUT2D eigenvalue weighted by Gasteiger charge is 2.23. The molecule has 0 spiro atoms. The monoisotopic (exact) mass is 293 g/mol. The Bertz CT molecular complexity index is 906. The van der Waals surface area contributed by atoms with E-state index in [4.69, 9.17) is 15.3 Å². The lowest BCUT2D eigenvalue weighted by atomic mass is 10.4. The Morgan fingerprint density at radius 1 is 1.38 bits per heavy atom. The number of aromatic nitrogens is 4. The second kappa shape index (κ2) is 4.24. The van der Waals surface area contributed by atoms with Crippen molar-refractivity contribution >= 4 is 17.1 Å². The summed E-state index contributed by atoms with van der Waals surface area (Å²) in [7, 11) is 1.45. The molecule has 0 bridgehead atoms. The molecular weight excluding hydrogens is 282 g/mol. The fourth-order valence-corrected chi connectivity index (χ4v) is 1.91. The number of aliphatic hydroxyl groups is 1. The van der Waals surface area contributed by atoms with Gasteiger partial charge in [-0.2, -0.15) is 4.98 Å². The average molecular weight is 293 g/mol. The molecule has 0 aliphatic rings. The van der Waals surface area contributed by atoms with Gasteiger partial charge in [0, 0.05) is 7.05 Å². The Morgan fingerprint density at radius 2 is 2.10 bits per heavy atom. The van der Waals surface area contributed by atoms with Crippen LogP contribution in [0.25, 0.3) is 17.0 Å². The zero-order chi connectivity index (χ0) is 15.3. The number of nitrogens with zero attached hydrogens (tertiary/aromatic N) is 4. The third-order valence-electron chi connectivity index (χ3n) is 3.09. The van der Waals surface area contributed by atoms with Gasteiger partial charge in [0.2, 0.25) is 17.4 Å². The van der Waals surface area contributed by atoms with Crippen molar-refractivity contribution in [1.82, 2.24) is 19.1 Å². The minimum atomic E-state index is -0.608. The Balaban J connectivity index is 2.35. The van der Waals surface area contributed by atoms with Gasteiger partial charge in [0.05, 0.1) is 0 Å². The van der Waals surface area contributed by atoms with Crippen LogP contribution in [0, 0.1) is 0 Å². The van der Waals surface area contributed by atoms with Crippen LogP contribution in [0.15, 0.2) is 15.5 Å². The second-order valence-corrected chi connectivity index (χ2v) is 4.31. The summed E-state index contributed by atoms with van der Waals surface area (Å²) in [4.78, 5) is 19.9. The fraction of sp³-hybridized carbons (Fsp3) is 0.182. The van der Waals surface area contributed by atoms with Crippen LogP contribution in [0.5, 0.6) is 11.5 Å². The number of aliphatic hydroxyl groups excluding tert-OH is 1. The van der Waals surface area contributed by atoms with E-state index in [-0.39, 0.29) is 28.8 Å². The molecule has 110 valence electrons. The van der Waals surface area contributed by atoms with Gasteiger partial charge < -0.3 is 25.5 Å². The summed E-state index contributed by atoms with van der Waals surface area (Å²) in [6.07, 6.45) is 1.19. The molecule has 0 aliphatic heterocycles. The molecule has 10 nitrogen and oxygen atoms in total. The fourth-order valence-electron chi connectivity index (χ4n) is 1.91. The van der Waals surface area contributed by atoms with E-state index in [2.05, 4.69) is 9.97 Å². The largest absolute Gasteiger partial charge is 0.502 e. The molecule has 0 radical (unpaired) electrons. The molecular formula is C11H11N5O5. The van der Waals surface area contributed by atoms with Gasteiger partial charge in [-0.1, -0.05) is 0 Å². The van der Waals surface area contributed by atoms with E-state index in [0.717, 1.165) is 9.13 Å². The Kier molecular flexibility index (Phi) is 2.63. The molecule has 0 amide bonds. The predicted molar refractivity (Wildman–Crippen MR) is 70.0 cm³/mol. The quantitative estimate of drug-likeness (QED) is 0.479. The lowest BCUT2D eigenvalue weighted by molar-refractivity contribution is 0.239. The first-order valence-corrected chi connectivity index (χ1v) is 5.80. The highest BCUT2D eigenvalue weighted by Crippen LogP contribution is 2.38. The molecule has 0 atom stereocenters. The smallest absolute Gasteiger partial charge is 0.282 e. The lowest BCUT2D eigenvalue weighted by Crippen LogP contribution is -2.21. The standard InChI is InChI=1S/C11H11N5O5/c1-15-9(20)5-8(14-11(15)12)16(3-13-5)10-7(19)6(18)4(2-17)21-10/h3,17-19H,2H2,1H3,(H2,12,14). The van der Waals surface area contributed by atoms with E-state index in [1.165, 1.54) is 13.4 Å². The van der Waals surface area contributed by atoms with Crippen LogP contribution in [-0.2, 0) is 13.7 Å². The minimum Gasteiger partial charge on any atom is -0.502 e. The molecule has 3 aromatic heterocycles. The van der Waals surface area contributed by atoms with Crippen molar-refractivity contribution in [3.05, 3.63) is 22.4 Å². The van der Waals surface area contributed by atoms with Crippen LogP contribution in [0.1, 0.15) is 5.76 Å². The Morgan fingerprint density at radius 3 is 2.71 bits per heavy atom. The number of hydrogen-bond donors (Lipinski definition) is 4. The number of anilines is 1. The molecule has 10 heteroatoms. The SMILES string of the molecule is Cn1c(N)nc2c(ncn2-c2oc(CO)c(O)c2O)c1=O. The van der Waals surface area contributed by atoms with Crippen LogP contribution in [-0.4, -0.2) is 34.4 Å². The molecule has 0 saturated carbocycles. The van der Waals surface area contributed by atoms with Crippen LogP contribution >= 0.6 is 0 Å². The Hall–Kier alpha value is -3.01. The van der Waals surface area contributed by atoms with Crippen LogP contribution in [0.3, 0.4) is 0 Å². The lowest BCUT2D eigenvalue weighted by Gasteiger charge is -2.03. The number of furan rings is 1. The summed E-state index contributed by atoms with van der Waals surface area (Å²) in [6.45, 7) is -0.608. The summed E-state index contributed by atoms with van der Waals surface area (Å²) in [5.41, 5.74) is 5.24. The van der Waals surface area contributed by atoms with E-state index < -0.39 is 23.7 Å². The first kappa shape index (κ1) is 13.0. The summed E-state index contributed by atoms with van der Waals surface area (Å²) < 4.78 is 7.42. The first-order chi connectivity index (χ1) is 9.95. The normalized spacial score (nSPS) is 11.3. The molecule has 3 rings (SSSR count). The van der Waals surface area contributed by atoms with Gasteiger partial charge in [-0.25, -0.2) is 9.55 Å². The number of nitrogens with two attached hydrogens (primary N) is 1. The maximum absolute atomic E-state index is 12.0. The van der Waals surface area contributed by atoms with Gasteiger partial charge in [-0.3, -0.25) is 9.36 Å². The number of imidazole rings is 1. The molecule has 0 unspecified atom stereocenters. The number of nitrogen functional groups attached to an aromatic ring is 1. The van der Waals surface area contributed by atoms with Crippen molar-refractivity contribution in [3.8, 4) is 17.4 Å². The highest BCUT2D eigenvalue weighted by atomic mass is 16.4. The highest BCUT2D eigenvalue weighted by molar-refractivity contribution is 5.73. The third-order valence-corrected chi connectivity index (χ3v) is 3.09.